The molecule has 0 aliphatic carbocycles. The quantitative estimate of drug-likeness (QED) is 0.907. The van der Waals surface area contributed by atoms with Crippen LogP contribution in [-0.2, 0) is 0 Å². The van der Waals surface area contributed by atoms with Crippen molar-refractivity contribution in [1.82, 2.24) is 4.90 Å². The van der Waals surface area contributed by atoms with Crippen molar-refractivity contribution in [3.8, 4) is 0 Å². The zero-order valence-electron chi connectivity index (χ0n) is 12.7. The van der Waals surface area contributed by atoms with E-state index in [9.17, 15) is 0 Å². The van der Waals surface area contributed by atoms with E-state index in [1.807, 2.05) is 13.0 Å². The average Bonchev–Trinajstić information content (AvgIpc) is 2.80. The minimum atomic E-state index is 0.145. The SMILES string of the molecule is CCC(N)C(c1ccc(C)o1)N1CCC(C)C(C)C1. The Bertz CT molecular complexity index is 401. The van der Waals surface area contributed by atoms with Gasteiger partial charge < -0.3 is 10.2 Å². The number of piperidine rings is 1. The lowest BCUT2D eigenvalue weighted by atomic mass is 9.86. The number of hydrogen-bond acceptors (Lipinski definition) is 3. The first-order valence-corrected chi connectivity index (χ1v) is 7.58. The lowest BCUT2D eigenvalue weighted by Gasteiger charge is -2.41. The molecule has 19 heavy (non-hydrogen) atoms. The highest BCUT2D eigenvalue weighted by Gasteiger charge is 2.33. The van der Waals surface area contributed by atoms with Crippen molar-refractivity contribution in [3.63, 3.8) is 0 Å². The highest BCUT2D eigenvalue weighted by atomic mass is 16.3. The summed E-state index contributed by atoms with van der Waals surface area (Å²) in [7, 11) is 0. The van der Waals surface area contributed by atoms with Crippen LogP contribution < -0.4 is 5.73 Å². The second-order valence-corrected chi connectivity index (χ2v) is 6.20. The molecule has 1 aromatic heterocycles. The number of nitrogens with two attached hydrogens (primary N) is 1. The highest BCUT2D eigenvalue weighted by molar-refractivity contribution is 5.12. The van der Waals surface area contributed by atoms with Crippen LogP contribution in [0.2, 0.25) is 0 Å². The van der Waals surface area contributed by atoms with Crippen molar-refractivity contribution in [2.24, 2.45) is 17.6 Å². The fraction of sp³-hybridized carbons (Fsp3) is 0.750. The van der Waals surface area contributed by atoms with Gasteiger partial charge in [-0.2, -0.15) is 0 Å². The standard InChI is InChI=1S/C16H28N2O/c1-5-14(17)16(15-7-6-13(4)19-15)18-9-8-11(2)12(3)10-18/h6-7,11-12,14,16H,5,8-10,17H2,1-4H3. The first-order chi connectivity index (χ1) is 9.02. The number of hydrogen-bond donors (Lipinski definition) is 1. The van der Waals surface area contributed by atoms with E-state index in [0.29, 0.717) is 0 Å². The van der Waals surface area contributed by atoms with Crippen LogP contribution in [-0.4, -0.2) is 24.0 Å². The molecule has 0 radical (unpaired) electrons. The van der Waals surface area contributed by atoms with Crippen LogP contribution in [0.5, 0.6) is 0 Å². The molecule has 1 fully saturated rings. The maximum atomic E-state index is 6.37. The molecule has 3 nitrogen and oxygen atoms in total. The number of aryl methyl sites for hydroxylation is 1. The van der Waals surface area contributed by atoms with Gasteiger partial charge in [-0.3, -0.25) is 4.90 Å². The van der Waals surface area contributed by atoms with E-state index < -0.39 is 0 Å². The summed E-state index contributed by atoms with van der Waals surface area (Å²) >= 11 is 0. The Hall–Kier alpha value is -0.800. The smallest absolute Gasteiger partial charge is 0.122 e. The molecule has 1 saturated heterocycles. The van der Waals surface area contributed by atoms with Crippen molar-refractivity contribution < 1.29 is 4.42 Å². The van der Waals surface area contributed by atoms with Gasteiger partial charge in [0.05, 0.1) is 6.04 Å². The Balaban J connectivity index is 2.18. The number of likely N-dealkylation sites (tertiary alicyclic amines) is 1. The van der Waals surface area contributed by atoms with Crippen molar-refractivity contribution in [1.29, 1.82) is 0 Å². The Kier molecular flexibility index (Phi) is 4.69. The zero-order chi connectivity index (χ0) is 14.0. The Morgan fingerprint density at radius 3 is 2.63 bits per heavy atom. The maximum Gasteiger partial charge on any atom is 0.122 e. The summed E-state index contributed by atoms with van der Waals surface area (Å²) in [6.07, 6.45) is 2.23. The zero-order valence-corrected chi connectivity index (χ0v) is 12.7. The van der Waals surface area contributed by atoms with Crippen molar-refractivity contribution in [2.45, 2.75) is 52.6 Å². The predicted octanol–water partition coefficient (Wildman–Crippen LogP) is 3.34. The molecule has 3 heteroatoms. The normalized spacial score (nSPS) is 28.3. The monoisotopic (exact) mass is 264 g/mol. The third-order valence-corrected chi connectivity index (χ3v) is 4.69. The first kappa shape index (κ1) is 14.6. The van der Waals surface area contributed by atoms with E-state index in [1.165, 1.54) is 6.42 Å². The third kappa shape index (κ3) is 3.21. The molecule has 4 unspecified atom stereocenters. The van der Waals surface area contributed by atoms with E-state index >= 15 is 0 Å². The van der Waals surface area contributed by atoms with Crippen molar-refractivity contribution >= 4 is 0 Å². The number of nitrogens with zero attached hydrogens (tertiary/aromatic N) is 1. The largest absolute Gasteiger partial charge is 0.465 e. The van der Waals surface area contributed by atoms with Gasteiger partial charge in [0.15, 0.2) is 0 Å². The van der Waals surface area contributed by atoms with Gasteiger partial charge in [-0.05, 0) is 50.3 Å². The maximum absolute atomic E-state index is 6.37. The molecule has 0 spiro atoms. The second kappa shape index (κ2) is 6.10. The fourth-order valence-corrected chi connectivity index (χ4v) is 3.05. The van der Waals surface area contributed by atoms with Gasteiger partial charge in [0, 0.05) is 12.6 Å². The van der Waals surface area contributed by atoms with Crippen LogP contribution in [0.15, 0.2) is 16.5 Å². The van der Waals surface area contributed by atoms with Crippen LogP contribution in [0.4, 0.5) is 0 Å². The molecular weight excluding hydrogens is 236 g/mol. The summed E-state index contributed by atoms with van der Waals surface area (Å²) in [4.78, 5) is 2.52. The van der Waals surface area contributed by atoms with Crippen LogP contribution in [0, 0.1) is 18.8 Å². The molecule has 2 N–H and O–H groups in total. The molecule has 0 amide bonds. The van der Waals surface area contributed by atoms with Crippen LogP contribution >= 0.6 is 0 Å². The van der Waals surface area contributed by atoms with Gasteiger partial charge in [-0.1, -0.05) is 20.8 Å². The van der Waals surface area contributed by atoms with E-state index in [-0.39, 0.29) is 12.1 Å². The Labute approximate surface area is 117 Å². The van der Waals surface area contributed by atoms with E-state index in [0.717, 1.165) is 42.9 Å². The molecule has 1 aliphatic rings. The predicted molar refractivity (Wildman–Crippen MR) is 79.0 cm³/mol. The molecule has 0 saturated carbocycles. The van der Waals surface area contributed by atoms with E-state index in [4.69, 9.17) is 10.2 Å². The molecule has 1 aromatic rings. The molecular formula is C16H28N2O. The van der Waals surface area contributed by atoms with Crippen molar-refractivity contribution in [3.05, 3.63) is 23.7 Å². The lowest BCUT2D eigenvalue weighted by molar-refractivity contribution is 0.0704. The molecule has 4 atom stereocenters. The number of furan rings is 1. The fourth-order valence-electron chi connectivity index (χ4n) is 3.05. The Morgan fingerprint density at radius 1 is 1.37 bits per heavy atom. The minimum Gasteiger partial charge on any atom is -0.465 e. The molecule has 108 valence electrons. The van der Waals surface area contributed by atoms with E-state index in [2.05, 4.69) is 31.7 Å². The molecule has 0 aromatic carbocycles. The molecule has 2 rings (SSSR count). The van der Waals surface area contributed by atoms with E-state index in [1.54, 1.807) is 0 Å². The van der Waals surface area contributed by atoms with Gasteiger partial charge in [0.2, 0.25) is 0 Å². The minimum absolute atomic E-state index is 0.145. The summed E-state index contributed by atoms with van der Waals surface area (Å²) in [6.45, 7) is 11.1. The molecule has 1 aliphatic heterocycles. The van der Waals surface area contributed by atoms with Gasteiger partial charge in [-0.25, -0.2) is 0 Å². The summed E-state index contributed by atoms with van der Waals surface area (Å²) < 4.78 is 5.86. The third-order valence-electron chi connectivity index (χ3n) is 4.69. The van der Waals surface area contributed by atoms with Crippen LogP contribution in [0.3, 0.4) is 0 Å². The van der Waals surface area contributed by atoms with Crippen molar-refractivity contribution in [2.75, 3.05) is 13.1 Å². The summed E-state index contributed by atoms with van der Waals surface area (Å²) in [5, 5.41) is 0. The van der Waals surface area contributed by atoms with Gasteiger partial charge >= 0.3 is 0 Å². The first-order valence-electron chi connectivity index (χ1n) is 7.58. The topological polar surface area (TPSA) is 42.4 Å². The van der Waals surface area contributed by atoms with Gasteiger partial charge in [0.1, 0.15) is 11.5 Å². The highest BCUT2D eigenvalue weighted by Crippen LogP contribution is 2.32. The molecule has 0 bridgehead atoms. The Morgan fingerprint density at radius 2 is 2.11 bits per heavy atom. The van der Waals surface area contributed by atoms with Crippen LogP contribution in [0.1, 0.15) is 51.2 Å². The van der Waals surface area contributed by atoms with Gasteiger partial charge in [0.25, 0.3) is 0 Å². The lowest BCUT2D eigenvalue weighted by Crippen LogP contribution is -2.46. The summed E-state index contributed by atoms with van der Waals surface area (Å²) in [6, 6.07) is 4.51. The van der Waals surface area contributed by atoms with Gasteiger partial charge in [-0.15, -0.1) is 0 Å². The summed E-state index contributed by atoms with van der Waals surface area (Å²) in [5.74, 6) is 3.56. The summed E-state index contributed by atoms with van der Waals surface area (Å²) in [5.41, 5.74) is 6.37. The average molecular weight is 264 g/mol. The van der Waals surface area contributed by atoms with Crippen LogP contribution in [0.25, 0.3) is 0 Å². The second-order valence-electron chi connectivity index (χ2n) is 6.20. The molecule has 2 heterocycles. The number of rotatable bonds is 4.